The van der Waals surface area contributed by atoms with E-state index in [2.05, 4.69) is 20.2 Å². The van der Waals surface area contributed by atoms with Crippen molar-refractivity contribution in [3.8, 4) is 11.3 Å². The van der Waals surface area contributed by atoms with Crippen LogP contribution < -0.4 is 21.7 Å². The number of rotatable bonds is 3. The number of amides is 1. The lowest BCUT2D eigenvalue weighted by molar-refractivity contribution is 0.0972. The predicted molar refractivity (Wildman–Crippen MR) is 102 cm³/mol. The zero-order valence-corrected chi connectivity index (χ0v) is 14.5. The van der Waals surface area contributed by atoms with Crippen LogP contribution in [0.3, 0.4) is 0 Å². The topological polar surface area (TPSA) is 134 Å². The summed E-state index contributed by atoms with van der Waals surface area (Å²) in [5, 5.41) is 9.45. The summed E-state index contributed by atoms with van der Waals surface area (Å²) >= 11 is 0. The van der Waals surface area contributed by atoms with Crippen LogP contribution in [0.2, 0.25) is 0 Å². The van der Waals surface area contributed by atoms with Crippen LogP contribution in [-0.4, -0.2) is 34.9 Å². The Hall–Kier alpha value is -3.16. The highest BCUT2D eigenvalue weighted by atomic mass is 16.2. The molecular weight excluding hydrogens is 330 g/mol. The Bertz CT molecular complexity index is 799. The molecule has 3 rings (SSSR count). The standard InChI is InChI=1S/C18H23N7O/c19-15-14(17(26)24-18(20)21)22-13(12-8-4-3-5-9-12)16(23-15)25-10-6-1-2-7-11-25/h3-5,8-9H,1-2,6-7,10-11H2,(H2,19,23)(H4,20,21,24,26). The van der Waals surface area contributed by atoms with Crippen LogP contribution in [0.15, 0.2) is 30.3 Å². The van der Waals surface area contributed by atoms with Gasteiger partial charge < -0.3 is 16.4 Å². The van der Waals surface area contributed by atoms with Gasteiger partial charge in [0.05, 0.1) is 0 Å². The fourth-order valence-corrected chi connectivity index (χ4v) is 3.08. The Labute approximate surface area is 152 Å². The SMILES string of the molecule is N=C(N)NC(=O)c1nc(-c2ccccc2)c(N2CCCCCC2)nc1N. The zero-order chi connectivity index (χ0) is 18.5. The van der Waals surface area contributed by atoms with E-state index in [-0.39, 0.29) is 11.5 Å². The minimum Gasteiger partial charge on any atom is -0.382 e. The van der Waals surface area contributed by atoms with Crippen LogP contribution in [0.5, 0.6) is 0 Å². The molecule has 0 saturated carbocycles. The molecule has 136 valence electrons. The first kappa shape index (κ1) is 17.7. The van der Waals surface area contributed by atoms with Crippen molar-refractivity contribution in [1.82, 2.24) is 15.3 Å². The van der Waals surface area contributed by atoms with Crippen molar-refractivity contribution in [2.45, 2.75) is 25.7 Å². The lowest BCUT2D eigenvalue weighted by atomic mass is 10.1. The maximum absolute atomic E-state index is 12.3. The molecule has 8 nitrogen and oxygen atoms in total. The van der Waals surface area contributed by atoms with E-state index in [1.54, 1.807) is 0 Å². The second-order valence-corrected chi connectivity index (χ2v) is 6.26. The molecule has 1 aliphatic rings. The van der Waals surface area contributed by atoms with Crippen molar-refractivity contribution in [3.05, 3.63) is 36.0 Å². The number of anilines is 2. The Morgan fingerprint density at radius 2 is 1.73 bits per heavy atom. The van der Waals surface area contributed by atoms with Gasteiger partial charge in [0.1, 0.15) is 5.69 Å². The monoisotopic (exact) mass is 353 g/mol. The number of hydrogen-bond donors (Lipinski definition) is 4. The lowest BCUT2D eigenvalue weighted by Crippen LogP contribution is -2.37. The second-order valence-electron chi connectivity index (χ2n) is 6.26. The largest absolute Gasteiger partial charge is 0.382 e. The average Bonchev–Trinajstić information content (AvgIpc) is 2.91. The van der Waals surface area contributed by atoms with Crippen molar-refractivity contribution in [2.24, 2.45) is 5.73 Å². The van der Waals surface area contributed by atoms with Gasteiger partial charge in [-0.25, -0.2) is 9.97 Å². The van der Waals surface area contributed by atoms with Crippen molar-refractivity contribution in [3.63, 3.8) is 0 Å². The molecule has 0 aliphatic carbocycles. The molecule has 1 aromatic carbocycles. The molecule has 6 N–H and O–H groups in total. The maximum Gasteiger partial charge on any atom is 0.280 e. The number of aromatic nitrogens is 2. The highest BCUT2D eigenvalue weighted by Crippen LogP contribution is 2.30. The first-order chi connectivity index (χ1) is 12.6. The average molecular weight is 353 g/mol. The summed E-state index contributed by atoms with van der Waals surface area (Å²) in [5.74, 6) is -0.381. The van der Waals surface area contributed by atoms with Crippen molar-refractivity contribution >= 4 is 23.5 Å². The third kappa shape index (κ3) is 3.90. The van der Waals surface area contributed by atoms with Gasteiger partial charge in [-0.15, -0.1) is 0 Å². The zero-order valence-electron chi connectivity index (χ0n) is 14.5. The van der Waals surface area contributed by atoms with E-state index >= 15 is 0 Å². The third-order valence-corrected chi connectivity index (χ3v) is 4.32. The molecule has 26 heavy (non-hydrogen) atoms. The molecule has 1 aliphatic heterocycles. The smallest absolute Gasteiger partial charge is 0.280 e. The van der Waals surface area contributed by atoms with E-state index in [9.17, 15) is 4.79 Å². The van der Waals surface area contributed by atoms with E-state index in [1.807, 2.05) is 30.3 Å². The first-order valence-electron chi connectivity index (χ1n) is 8.69. The molecule has 1 saturated heterocycles. The Morgan fingerprint density at radius 3 is 2.35 bits per heavy atom. The summed E-state index contributed by atoms with van der Waals surface area (Å²) in [6.45, 7) is 1.76. The van der Waals surface area contributed by atoms with Gasteiger partial charge in [-0.05, 0) is 12.8 Å². The van der Waals surface area contributed by atoms with Crippen LogP contribution in [0, 0.1) is 5.41 Å². The van der Waals surface area contributed by atoms with Crippen molar-refractivity contribution < 1.29 is 4.79 Å². The van der Waals surface area contributed by atoms with Gasteiger partial charge in [-0.1, -0.05) is 43.2 Å². The van der Waals surface area contributed by atoms with Crippen molar-refractivity contribution in [2.75, 3.05) is 23.7 Å². The number of benzene rings is 1. The molecule has 1 fully saturated rings. The number of hydrogen-bond acceptors (Lipinski definition) is 6. The van der Waals surface area contributed by atoms with Gasteiger partial charge >= 0.3 is 0 Å². The second kappa shape index (κ2) is 7.81. The van der Waals surface area contributed by atoms with Gasteiger partial charge in [0, 0.05) is 18.7 Å². The van der Waals surface area contributed by atoms with Gasteiger partial charge in [-0.2, -0.15) is 0 Å². The minimum atomic E-state index is -0.637. The molecular formula is C18H23N7O. The summed E-state index contributed by atoms with van der Waals surface area (Å²) in [5.41, 5.74) is 12.7. The molecule has 0 spiro atoms. The van der Waals surface area contributed by atoms with E-state index in [1.165, 1.54) is 12.8 Å². The summed E-state index contributed by atoms with van der Waals surface area (Å²) in [7, 11) is 0. The fourth-order valence-electron chi connectivity index (χ4n) is 3.08. The van der Waals surface area contributed by atoms with E-state index in [0.717, 1.165) is 31.5 Å². The first-order valence-corrected chi connectivity index (χ1v) is 8.69. The van der Waals surface area contributed by atoms with E-state index < -0.39 is 11.9 Å². The third-order valence-electron chi connectivity index (χ3n) is 4.32. The summed E-state index contributed by atoms with van der Waals surface area (Å²) in [6, 6.07) is 9.59. The number of guanidine groups is 1. The number of carbonyl (C=O) groups excluding carboxylic acids is 1. The molecule has 2 heterocycles. The van der Waals surface area contributed by atoms with E-state index in [0.29, 0.717) is 11.5 Å². The van der Waals surface area contributed by atoms with Gasteiger partial charge in [0.2, 0.25) is 0 Å². The summed E-state index contributed by atoms with van der Waals surface area (Å²) in [6.07, 6.45) is 4.56. The molecule has 0 unspecified atom stereocenters. The van der Waals surface area contributed by atoms with Crippen LogP contribution >= 0.6 is 0 Å². The highest BCUT2D eigenvalue weighted by molar-refractivity contribution is 6.06. The number of nitrogen functional groups attached to an aromatic ring is 1. The number of nitrogens with zero attached hydrogens (tertiary/aromatic N) is 3. The van der Waals surface area contributed by atoms with Crippen LogP contribution in [-0.2, 0) is 0 Å². The molecule has 1 amide bonds. The minimum absolute atomic E-state index is 0.0300. The van der Waals surface area contributed by atoms with Gasteiger partial charge in [-0.3, -0.25) is 15.5 Å². The van der Waals surface area contributed by atoms with Crippen molar-refractivity contribution in [1.29, 1.82) is 5.41 Å². The highest BCUT2D eigenvalue weighted by Gasteiger charge is 2.23. The number of nitrogens with two attached hydrogens (primary N) is 2. The maximum atomic E-state index is 12.3. The van der Waals surface area contributed by atoms with Crippen LogP contribution in [0.1, 0.15) is 36.2 Å². The van der Waals surface area contributed by atoms with Crippen LogP contribution in [0.4, 0.5) is 11.6 Å². The quantitative estimate of drug-likeness (QED) is 0.490. The lowest BCUT2D eigenvalue weighted by Gasteiger charge is -2.24. The van der Waals surface area contributed by atoms with Gasteiger partial charge in [0.25, 0.3) is 5.91 Å². The summed E-state index contributed by atoms with van der Waals surface area (Å²) < 4.78 is 0. The molecule has 1 aromatic heterocycles. The molecule has 0 radical (unpaired) electrons. The van der Waals surface area contributed by atoms with Crippen LogP contribution in [0.25, 0.3) is 11.3 Å². The Kier molecular flexibility index (Phi) is 5.31. The Balaban J connectivity index is 2.09. The molecule has 0 atom stereocenters. The normalized spacial score (nSPS) is 14.5. The number of carbonyl (C=O) groups is 1. The summed E-state index contributed by atoms with van der Waals surface area (Å²) in [4.78, 5) is 23.5. The molecule has 2 aromatic rings. The molecule has 0 bridgehead atoms. The Morgan fingerprint density at radius 1 is 1.08 bits per heavy atom. The van der Waals surface area contributed by atoms with Gasteiger partial charge in [0.15, 0.2) is 23.3 Å². The van der Waals surface area contributed by atoms with E-state index in [4.69, 9.17) is 16.9 Å². The number of nitrogens with one attached hydrogen (secondary N) is 2. The molecule has 8 heteroatoms. The predicted octanol–water partition coefficient (Wildman–Crippen LogP) is 1.73. The fraction of sp³-hybridized carbons (Fsp3) is 0.333.